The minimum absolute atomic E-state index is 0.0863. The summed E-state index contributed by atoms with van der Waals surface area (Å²) in [5.74, 6) is 0.00971. The Morgan fingerprint density at radius 3 is 2.37 bits per heavy atom. The highest BCUT2D eigenvalue weighted by molar-refractivity contribution is 6.31. The Hall–Kier alpha value is -3.71. The Morgan fingerprint density at radius 2 is 1.67 bits per heavy atom. The summed E-state index contributed by atoms with van der Waals surface area (Å²) in [5.41, 5.74) is 1.88. The van der Waals surface area contributed by atoms with Gasteiger partial charge in [0.2, 0.25) is 11.8 Å². The molecule has 1 heterocycles. The minimum atomic E-state index is -0.688. The summed E-state index contributed by atoms with van der Waals surface area (Å²) in [7, 11) is 0. The van der Waals surface area contributed by atoms with E-state index in [9.17, 15) is 9.18 Å². The van der Waals surface area contributed by atoms with Crippen molar-refractivity contribution < 1.29 is 13.6 Å². The van der Waals surface area contributed by atoms with Crippen LogP contribution >= 0.6 is 11.6 Å². The van der Waals surface area contributed by atoms with Gasteiger partial charge in [-0.05, 0) is 35.9 Å². The molecule has 8 heteroatoms. The molecule has 150 valence electrons. The normalized spacial score (nSPS) is 11.7. The number of amides is 2. The number of anilines is 1. The van der Waals surface area contributed by atoms with E-state index < -0.39 is 17.9 Å². The van der Waals surface area contributed by atoms with E-state index >= 15 is 0 Å². The van der Waals surface area contributed by atoms with Crippen LogP contribution in [-0.2, 0) is 0 Å². The highest BCUT2D eigenvalue weighted by Gasteiger charge is 2.23. The lowest BCUT2D eigenvalue weighted by Gasteiger charge is -2.16. The molecule has 0 fully saturated rings. The fraction of sp³-hybridized carbons (Fsp3) is 0.0455. The number of carbonyl (C=O) groups excluding carboxylic acids is 1. The van der Waals surface area contributed by atoms with Crippen LogP contribution < -0.4 is 10.6 Å². The second kappa shape index (κ2) is 8.75. The van der Waals surface area contributed by atoms with Gasteiger partial charge in [-0.15, -0.1) is 10.2 Å². The van der Waals surface area contributed by atoms with E-state index in [0.717, 1.165) is 11.1 Å². The lowest BCUT2D eigenvalue weighted by molar-refractivity contribution is 0.248. The highest BCUT2D eigenvalue weighted by Crippen LogP contribution is 2.25. The maximum absolute atomic E-state index is 13.3. The van der Waals surface area contributed by atoms with Crippen molar-refractivity contribution in [1.29, 1.82) is 0 Å². The van der Waals surface area contributed by atoms with Gasteiger partial charge in [-0.3, -0.25) is 0 Å². The van der Waals surface area contributed by atoms with Crippen LogP contribution in [0.1, 0.15) is 17.5 Å². The van der Waals surface area contributed by atoms with Crippen LogP contribution in [0.15, 0.2) is 83.3 Å². The number of hydrogen-bond acceptors (Lipinski definition) is 4. The van der Waals surface area contributed by atoms with E-state index in [2.05, 4.69) is 20.8 Å². The predicted molar refractivity (Wildman–Crippen MR) is 112 cm³/mol. The molecule has 6 nitrogen and oxygen atoms in total. The van der Waals surface area contributed by atoms with Crippen molar-refractivity contribution in [2.45, 2.75) is 6.04 Å². The van der Waals surface area contributed by atoms with Crippen molar-refractivity contribution in [2.24, 2.45) is 0 Å². The number of rotatable bonds is 5. The van der Waals surface area contributed by atoms with Gasteiger partial charge in [-0.1, -0.05) is 60.1 Å². The Morgan fingerprint density at radius 1 is 0.967 bits per heavy atom. The van der Waals surface area contributed by atoms with Gasteiger partial charge in [0.1, 0.15) is 11.9 Å². The smallest absolute Gasteiger partial charge is 0.320 e. The standard InChI is InChI=1S/C22H16ClFN4O2/c23-17-13-16(11-12-18(17)24)25-22(29)26-19(14-7-3-1-4-8-14)21-28-27-20(30-21)15-9-5-2-6-10-15/h1-13,19H,(H2,25,26,29)/t19-/m0/s1. The fourth-order valence-corrected chi connectivity index (χ4v) is 3.03. The Balaban J connectivity index is 1.59. The largest absolute Gasteiger partial charge is 0.418 e. The zero-order chi connectivity index (χ0) is 20.9. The molecule has 2 amide bonds. The molecule has 0 saturated heterocycles. The number of benzene rings is 3. The lowest BCUT2D eigenvalue weighted by Crippen LogP contribution is -2.33. The molecule has 3 aromatic carbocycles. The summed E-state index contributed by atoms with van der Waals surface area (Å²) in [6.45, 7) is 0. The van der Waals surface area contributed by atoms with Gasteiger partial charge in [-0.2, -0.15) is 0 Å². The first kappa shape index (κ1) is 19.6. The van der Waals surface area contributed by atoms with E-state index in [0.29, 0.717) is 11.6 Å². The van der Waals surface area contributed by atoms with E-state index in [1.807, 2.05) is 60.7 Å². The first-order valence-corrected chi connectivity index (χ1v) is 9.44. The molecule has 0 aliphatic carbocycles. The van der Waals surface area contributed by atoms with E-state index in [1.54, 1.807) is 0 Å². The topological polar surface area (TPSA) is 80.0 Å². The van der Waals surface area contributed by atoms with Crippen LogP contribution in [0.25, 0.3) is 11.5 Å². The third kappa shape index (κ3) is 4.47. The highest BCUT2D eigenvalue weighted by atomic mass is 35.5. The zero-order valence-corrected chi connectivity index (χ0v) is 16.3. The van der Waals surface area contributed by atoms with Crippen LogP contribution in [0.2, 0.25) is 5.02 Å². The number of carbonyl (C=O) groups is 1. The number of aromatic nitrogens is 2. The molecule has 0 aliphatic rings. The average molecular weight is 423 g/mol. The summed E-state index contributed by atoms with van der Waals surface area (Å²) in [4.78, 5) is 12.6. The molecule has 0 unspecified atom stereocenters. The maximum atomic E-state index is 13.3. The monoisotopic (exact) mass is 422 g/mol. The minimum Gasteiger partial charge on any atom is -0.418 e. The van der Waals surface area contributed by atoms with Gasteiger partial charge in [-0.25, -0.2) is 9.18 Å². The average Bonchev–Trinajstić information content (AvgIpc) is 3.26. The van der Waals surface area contributed by atoms with E-state index in [-0.39, 0.29) is 10.9 Å². The third-order valence-electron chi connectivity index (χ3n) is 4.29. The van der Waals surface area contributed by atoms with Crippen molar-refractivity contribution in [3.05, 3.63) is 101 Å². The molecule has 0 saturated carbocycles. The van der Waals surface area contributed by atoms with Crippen LogP contribution in [-0.4, -0.2) is 16.2 Å². The van der Waals surface area contributed by atoms with Crippen LogP contribution in [0.4, 0.5) is 14.9 Å². The van der Waals surface area contributed by atoms with Gasteiger partial charge in [0.05, 0.1) is 5.02 Å². The quantitative estimate of drug-likeness (QED) is 0.448. The lowest BCUT2D eigenvalue weighted by atomic mass is 10.1. The third-order valence-corrected chi connectivity index (χ3v) is 4.58. The van der Waals surface area contributed by atoms with Gasteiger partial charge < -0.3 is 15.1 Å². The van der Waals surface area contributed by atoms with Crippen molar-refractivity contribution in [1.82, 2.24) is 15.5 Å². The van der Waals surface area contributed by atoms with Gasteiger partial charge in [0, 0.05) is 11.3 Å². The van der Waals surface area contributed by atoms with Crippen molar-refractivity contribution in [3.8, 4) is 11.5 Å². The number of urea groups is 1. The Kier molecular flexibility index (Phi) is 5.72. The first-order valence-electron chi connectivity index (χ1n) is 9.06. The zero-order valence-electron chi connectivity index (χ0n) is 15.5. The molecule has 0 spiro atoms. The summed E-state index contributed by atoms with van der Waals surface area (Å²) in [6, 6.07) is 21.3. The van der Waals surface area contributed by atoms with Crippen LogP contribution in [0.3, 0.4) is 0 Å². The molecule has 0 bridgehead atoms. The Labute approximate surface area is 176 Å². The number of halogens is 2. The van der Waals surface area contributed by atoms with Gasteiger partial charge >= 0.3 is 6.03 Å². The molecule has 0 aliphatic heterocycles. The SMILES string of the molecule is O=C(Nc1ccc(F)c(Cl)c1)N[C@@H](c1ccccc1)c1nnc(-c2ccccc2)o1. The summed E-state index contributed by atoms with van der Waals surface area (Å²) in [6.07, 6.45) is 0. The molecular formula is C22H16ClFN4O2. The summed E-state index contributed by atoms with van der Waals surface area (Å²) in [5, 5.41) is 13.6. The van der Waals surface area contributed by atoms with Crippen molar-refractivity contribution in [3.63, 3.8) is 0 Å². The molecule has 30 heavy (non-hydrogen) atoms. The second-order valence-electron chi connectivity index (χ2n) is 6.38. The van der Waals surface area contributed by atoms with Crippen LogP contribution in [0.5, 0.6) is 0 Å². The first-order chi connectivity index (χ1) is 14.6. The predicted octanol–water partition coefficient (Wildman–Crippen LogP) is 5.44. The number of nitrogens with zero attached hydrogens (tertiary/aromatic N) is 2. The van der Waals surface area contributed by atoms with Gasteiger partial charge in [0.15, 0.2) is 0 Å². The summed E-state index contributed by atoms with van der Waals surface area (Å²) < 4.78 is 19.2. The molecule has 1 aromatic heterocycles. The van der Waals surface area contributed by atoms with E-state index in [4.69, 9.17) is 16.0 Å². The second-order valence-corrected chi connectivity index (χ2v) is 6.79. The number of nitrogens with one attached hydrogen (secondary N) is 2. The fourth-order valence-electron chi connectivity index (χ4n) is 2.85. The molecule has 1 atom stereocenters. The molecule has 2 N–H and O–H groups in total. The molecular weight excluding hydrogens is 407 g/mol. The Bertz CT molecular complexity index is 1150. The summed E-state index contributed by atoms with van der Waals surface area (Å²) >= 11 is 5.78. The molecule has 4 rings (SSSR count). The molecule has 0 radical (unpaired) electrons. The van der Waals surface area contributed by atoms with Gasteiger partial charge in [0.25, 0.3) is 0 Å². The van der Waals surface area contributed by atoms with Crippen molar-refractivity contribution in [2.75, 3.05) is 5.32 Å². The maximum Gasteiger partial charge on any atom is 0.320 e. The number of hydrogen-bond donors (Lipinski definition) is 2. The van der Waals surface area contributed by atoms with Crippen molar-refractivity contribution >= 4 is 23.3 Å². The van der Waals surface area contributed by atoms with Crippen LogP contribution in [0, 0.1) is 5.82 Å². The van der Waals surface area contributed by atoms with E-state index in [1.165, 1.54) is 18.2 Å². The molecule has 4 aromatic rings.